The predicted octanol–water partition coefficient (Wildman–Crippen LogP) is 6.74. The van der Waals surface area contributed by atoms with Crippen LogP contribution in [-0.2, 0) is 34.0 Å². The molecule has 1 amide bonds. The molecule has 0 aliphatic rings. The molecule has 0 unspecified atom stereocenters. The lowest BCUT2D eigenvalue weighted by Crippen LogP contribution is -2.43. The van der Waals surface area contributed by atoms with Crippen LogP contribution in [0, 0.1) is 0 Å². The maximum absolute atomic E-state index is 12.6. The van der Waals surface area contributed by atoms with Crippen molar-refractivity contribution in [2.24, 2.45) is 5.73 Å². The summed E-state index contributed by atoms with van der Waals surface area (Å²) in [5.74, 6) is -0.949. The highest BCUT2D eigenvalue weighted by molar-refractivity contribution is 7.99. The summed E-state index contributed by atoms with van der Waals surface area (Å²) < 4.78 is 41.5. The highest BCUT2D eigenvalue weighted by Crippen LogP contribution is 2.14. The van der Waals surface area contributed by atoms with Crippen molar-refractivity contribution in [2.75, 3.05) is 30.4 Å². The number of hydrogen-bond donors (Lipinski definition) is 3. The Bertz CT molecular complexity index is 858. The molecule has 2 atom stereocenters. The molecule has 0 aliphatic heterocycles. The van der Waals surface area contributed by atoms with E-state index in [-0.39, 0.29) is 37.3 Å². The molecule has 45 heavy (non-hydrogen) atoms. The molecule has 0 saturated heterocycles. The van der Waals surface area contributed by atoms with Gasteiger partial charge in [0.1, 0.15) is 12.7 Å². The first-order valence-electron chi connectivity index (χ1n) is 17.5. The quantitative estimate of drug-likeness (QED) is 0.0394. The number of ether oxygens (including phenoxy) is 2. The topological polar surface area (TPSA) is 162 Å². The van der Waals surface area contributed by atoms with Crippen LogP contribution in [0.4, 0.5) is 0 Å². The Morgan fingerprint density at radius 3 is 1.67 bits per heavy atom. The van der Waals surface area contributed by atoms with Crippen LogP contribution in [0.1, 0.15) is 149 Å². The van der Waals surface area contributed by atoms with Gasteiger partial charge >= 0.3 is 11.9 Å². The second-order valence-electron chi connectivity index (χ2n) is 12.0. The third-order valence-corrected chi connectivity index (χ3v) is 9.52. The van der Waals surface area contributed by atoms with Gasteiger partial charge in [-0.3, -0.25) is 18.9 Å². The van der Waals surface area contributed by atoms with Crippen molar-refractivity contribution in [3.8, 4) is 0 Å². The molecule has 266 valence electrons. The molecule has 0 fully saturated rings. The van der Waals surface area contributed by atoms with Crippen LogP contribution in [0.5, 0.6) is 0 Å². The summed E-state index contributed by atoms with van der Waals surface area (Å²) in [4.78, 5) is 37.1. The maximum atomic E-state index is 12.6. The molecule has 0 saturated carbocycles. The number of nitrogens with one attached hydrogen (secondary N) is 1. The van der Waals surface area contributed by atoms with Crippen LogP contribution < -0.4 is 11.1 Å². The molecule has 12 heteroatoms. The normalized spacial score (nSPS) is 12.9. The lowest BCUT2D eigenvalue weighted by molar-refractivity contribution is -0.157. The molecule has 0 aromatic carbocycles. The number of thioether (sulfide) groups is 1. The molecule has 0 heterocycles. The molecule has 0 aromatic rings. The fourth-order valence-electron chi connectivity index (χ4n) is 4.78. The average Bonchev–Trinajstić information content (AvgIpc) is 2.99. The summed E-state index contributed by atoms with van der Waals surface area (Å²) in [7, 11) is -4.08. The minimum absolute atomic E-state index is 0.0379. The Balaban J connectivity index is 4.50. The van der Waals surface area contributed by atoms with Crippen LogP contribution in [0.15, 0.2) is 0 Å². The van der Waals surface area contributed by atoms with E-state index in [4.69, 9.17) is 19.8 Å². The highest BCUT2D eigenvalue weighted by atomic mass is 32.2. The Hall–Kier alpha value is -1.37. The number of carbonyl (C=O) groups excluding carboxylic acids is 3. The molecule has 4 N–H and O–H groups in total. The SMILES string of the molecule is CCCCCCCCCCCC(=O)OC[C@H](CSC[C@@H](N)C(=O)NCCCS(=O)(=O)O)OC(=O)CCCCCCCCCCC. The van der Waals surface area contributed by atoms with Gasteiger partial charge in [0.25, 0.3) is 10.1 Å². The van der Waals surface area contributed by atoms with E-state index in [1.54, 1.807) is 0 Å². The van der Waals surface area contributed by atoms with E-state index in [1.165, 1.54) is 88.8 Å². The Morgan fingerprint density at radius 1 is 0.711 bits per heavy atom. The molecule has 0 bridgehead atoms. The lowest BCUT2D eigenvalue weighted by Gasteiger charge is -2.19. The highest BCUT2D eigenvalue weighted by Gasteiger charge is 2.20. The van der Waals surface area contributed by atoms with Crippen molar-refractivity contribution in [2.45, 2.75) is 161 Å². The zero-order valence-electron chi connectivity index (χ0n) is 28.2. The van der Waals surface area contributed by atoms with Gasteiger partial charge in [0, 0.05) is 30.9 Å². The average molecular weight is 681 g/mol. The van der Waals surface area contributed by atoms with Crippen molar-refractivity contribution in [3.05, 3.63) is 0 Å². The number of hydrogen-bond acceptors (Lipinski definition) is 9. The molecular formula is C33H64N2O8S2. The zero-order chi connectivity index (χ0) is 33.6. The molecule has 10 nitrogen and oxygen atoms in total. The van der Waals surface area contributed by atoms with Crippen molar-refractivity contribution in [1.82, 2.24) is 5.32 Å². The fraction of sp³-hybridized carbons (Fsp3) is 0.909. The maximum Gasteiger partial charge on any atom is 0.306 e. The van der Waals surface area contributed by atoms with Crippen LogP contribution in [0.25, 0.3) is 0 Å². The van der Waals surface area contributed by atoms with Crippen molar-refractivity contribution < 1.29 is 36.8 Å². The molecule has 0 aliphatic carbocycles. The van der Waals surface area contributed by atoms with E-state index in [9.17, 15) is 22.8 Å². The standard InChI is InChI=1S/C33H64N2O8S2/c1-3-5-7-9-11-13-15-17-19-22-31(36)42-26-29(43-32(37)23-20-18-16-14-12-10-8-6-4-2)27-44-28-30(34)33(38)35-24-21-25-45(39,40)41/h29-30H,3-28,34H2,1-2H3,(H,35,38)(H,39,40,41)/t29-,30-/m1/s1. The Morgan fingerprint density at radius 2 is 1.18 bits per heavy atom. The van der Waals surface area contributed by atoms with Gasteiger partial charge < -0.3 is 20.5 Å². The van der Waals surface area contributed by atoms with E-state index in [0.717, 1.165) is 38.5 Å². The number of nitrogens with two attached hydrogens (primary N) is 1. The van der Waals surface area contributed by atoms with E-state index >= 15 is 0 Å². The minimum Gasteiger partial charge on any atom is -0.462 e. The van der Waals surface area contributed by atoms with Crippen LogP contribution in [0.2, 0.25) is 0 Å². The van der Waals surface area contributed by atoms with Crippen molar-refractivity contribution in [1.29, 1.82) is 0 Å². The van der Waals surface area contributed by atoms with Gasteiger partial charge in [0.2, 0.25) is 5.91 Å². The predicted molar refractivity (Wildman–Crippen MR) is 184 cm³/mol. The summed E-state index contributed by atoms with van der Waals surface area (Å²) >= 11 is 1.32. The number of rotatable bonds is 32. The first-order valence-corrected chi connectivity index (χ1v) is 20.3. The van der Waals surface area contributed by atoms with E-state index in [1.807, 2.05) is 0 Å². The molecular weight excluding hydrogens is 617 g/mol. The van der Waals surface area contributed by atoms with Crippen LogP contribution >= 0.6 is 11.8 Å². The van der Waals surface area contributed by atoms with Gasteiger partial charge in [0.15, 0.2) is 0 Å². The first kappa shape index (κ1) is 43.6. The first-order chi connectivity index (χ1) is 21.6. The summed E-state index contributed by atoms with van der Waals surface area (Å²) in [6.45, 7) is 4.46. The van der Waals surface area contributed by atoms with Crippen molar-refractivity contribution >= 4 is 39.7 Å². The minimum atomic E-state index is -4.08. The van der Waals surface area contributed by atoms with E-state index in [0.29, 0.717) is 18.6 Å². The van der Waals surface area contributed by atoms with E-state index < -0.39 is 33.9 Å². The van der Waals surface area contributed by atoms with Crippen molar-refractivity contribution in [3.63, 3.8) is 0 Å². The molecule has 0 radical (unpaired) electrons. The zero-order valence-corrected chi connectivity index (χ0v) is 29.9. The Labute approximate surface area is 278 Å². The third kappa shape index (κ3) is 31.0. The number of amides is 1. The number of carbonyl (C=O) groups is 3. The van der Waals surface area contributed by atoms with Gasteiger partial charge in [-0.05, 0) is 19.3 Å². The number of esters is 2. The van der Waals surface area contributed by atoms with Gasteiger partial charge in [-0.1, -0.05) is 117 Å². The lowest BCUT2D eigenvalue weighted by atomic mass is 10.1. The fourth-order valence-corrected chi connectivity index (χ4v) is 6.26. The van der Waals surface area contributed by atoms with Crippen LogP contribution in [0.3, 0.4) is 0 Å². The monoisotopic (exact) mass is 680 g/mol. The Kier molecular flexibility index (Phi) is 29.1. The second kappa shape index (κ2) is 30.0. The summed E-state index contributed by atoms with van der Waals surface area (Å²) in [5, 5.41) is 2.55. The van der Waals surface area contributed by atoms with Crippen LogP contribution in [-0.4, -0.2) is 73.4 Å². The van der Waals surface area contributed by atoms with Gasteiger partial charge in [-0.25, -0.2) is 0 Å². The summed E-state index contributed by atoms with van der Waals surface area (Å²) in [6, 6.07) is -0.853. The van der Waals surface area contributed by atoms with Gasteiger partial charge in [0.05, 0.1) is 11.8 Å². The van der Waals surface area contributed by atoms with Gasteiger partial charge in [-0.2, -0.15) is 20.2 Å². The molecule has 0 rings (SSSR count). The smallest absolute Gasteiger partial charge is 0.306 e. The summed E-state index contributed by atoms with van der Waals surface area (Å²) in [6.07, 6.45) is 20.9. The summed E-state index contributed by atoms with van der Waals surface area (Å²) in [5.41, 5.74) is 5.96. The number of unbranched alkanes of at least 4 members (excludes halogenated alkanes) is 16. The third-order valence-electron chi connectivity index (χ3n) is 7.51. The van der Waals surface area contributed by atoms with Gasteiger partial charge in [-0.15, -0.1) is 0 Å². The largest absolute Gasteiger partial charge is 0.462 e. The van der Waals surface area contributed by atoms with E-state index in [2.05, 4.69) is 19.2 Å². The second-order valence-corrected chi connectivity index (χ2v) is 14.7. The molecule has 0 aromatic heterocycles. The molecule has 0 spiro atoms.